The molecular weight excluding hydrogens is 353 g/mol. The Labute approximate surface area is 147 Å². The highest BCUT2D eigenvalue weighted by Gasteiger charge is 2.29. The number of primary amides is 1. The average molecular weight is 370 g/mol. The number of halogens is 2. The molecule has 134 valence electrons. The van der Waals surface area contributed by atoms with E-state index >= 15 is 0 Å². The van der Waals surface area contributed by atoms with Gasteiger partial charge in [-0.15, -0.1) is 0 Å². The van der Waals surface area contributed by atoms with Gasteiger partial charge in [0.2, 0.25) is 5.91 Å². The Hall–Kier alpha value is -2.61. The predicted molar refractivity (Wildman–Crippen MR) is 88.8 cm³/mol. The molecule has 0 bridgehead atoms. The molecule has 1 aromatic carbocycles. The van der Waals surface area contributed by atoms with Crippen LogP contribution in [0.4, 0.5) is 4.39 Å². The molecule has 0 spiro atoms. The summed E-state index contributed by atoms with van der Waals surface area (Å²) in [6.45, 7) is 1.82. The molecule has 0 unspecified atom stereocenters. The smallest absolute Gasteiger partial charge is 0.311 e. The van der Waals surface area contributed by atoms with E-state index in [0.29, 0.717) is 0 Å². The molecule has 0 fully saturated rings. The van der Waals surface area contributed by atoms with E-state index in [2.05, 4.69) is 10.2 Å². The number of H-pyrrole nitrogens is 2. The van der Waals surface area contributed by atoms with E-state index in [0.717, 1.165) is 0 Å². The molecule has 4 N–H and O–H groups in total. The lowest BCUT2D eigenvalue weighted by atomic mass is 9.87. The van der Waals surface area contributed by atoms with Crippen molar-refractivity contribution in [3.05, 3.63) is 56.2 Å². The highest BCUT2D eigenvalue weighted by molar-refractivity contribution is 6.31. The molecule has 0 aliphatic carbocycles. The molecule has 0 saturated carbocycles. The van der Waals surface area contributed by atoms with Crippen LogP contribution < -0.4 is 11.3 Å². The van der Waals surface area contributed by atoms with Gasteiger partial charge in [0.15, 0.2) is 0 Å². The molecule has 0 aliphatic heterocycles. The summed E-state index contributed by atoms with van der Waals surface area (Å²) in [6.07, 6.45) is -0.597. The number of aromatic nitrogens is 2. The summed E-state index contributed by atoms with van der Waals surface area (Å²) in [6, 6.07) is 4.02. The van der Waals surface area contributed by atoms with Crippen molar-refractivity contribution in [2.45, 2.75) is 25.7 Å². The van der Waals surface area contributed by atoms with Crippen molar-refractivity contribution >= 4 is 23.5 Å². The van der Waals surface area contributed by atoms with Crippen molar-refractivity contribution in [3.63, 3.8) is 0 Å². The van der Waals surface area contributed by atoms with Crippen molar-refractivity contribution < 1.29 is 18.7 Å². The third-order valence-electron chi connectivity index (χ3n) is 3.63. The summed E-state index contributed by atoms with van der Waals surface area (Å²) >= 11 is 6.08. The molecule has 2 rings (SSSR count). The lowest BCUT2D eigenvalue weighted by molar-refractivity contribution is -0.142. The quantitative estimate of drug-likeness (QED) is 0.642. The third-order valence-corrected chi connectivity index (χ3v) is 3.95. The number of esters is 1. The number of hydrogen-bond donors (Lipinski definition) is 3. The van der Waals surface area contributed by atoms with E-state index in [1.165, 1.54) is 18.2 Å². The summed E-state index contributed by atoms with van der Waals surface area (Å²) < 4.78 is 19.2. The second-order valence-corrected chi connectivity index (χ2v) is 5.72. The van der Waals surface area contributed by atoms with E-state index in [1.54, 1.807) is 6.92 Å². The summed E-state index contributed by atoms with van der Waals surface area (Å²) in [5.74, 6) is -3.03. The molecule has 1 atom stereocenters. The number of carbonyl (C=O) groups is 2. The molecular formula is C16H17ClFN3O4. The molecule has 1 amide bonds. The molecule has 1 heterocycles. The summed E-state index contributed by atoms with van der Waals surface area (Å²) in [5.41, 5.74) is 4.86. The summed E-state index contributed by atoms with van der Waals surface area (Å²) in [5, 5.41) is 4.96. The Morgan fingerprint density at radius 1 is 1.32 bits per heavy atom. The first-order valence-corrected chi connectivity index (χ1v) is 7.90. The van der Waals surface area contributed by atoms with Crippen LogP contribution >= 0.6 is 11.6 Å². The molecule has 25 heavy (non-hydrogen) atoms. The van der Waals surface area contributed by atoms with Crippen molar-refractivity contribution in [1.82, 2.24) is 10.2 Å². The Kier molecular flexibility index (Phi) is 5.97. The predicted octanol–water partition coefficient (Wildman–Crippen LogP) is 1.61. The number of nitrogens with two attached hydrogens (primary N) is 1. The van der Waals surface area contributed by atoms with Crippen LogP contribution in [0.25, 0.3) is 0 Å². The molecule has 0 radical (unpaired) electrons. The van der Waals surface area contributed by atoms with Gasteiger partial charge in [0.05, 0.1) is 18.7 Å². The number of nitrogens with one attached hydrogen (secondary N) is 2. The van der Waals surface area contributed by atoms with Crippen LogP contribution in [-0.4, -0.2) is 28.7 Å². The maximum Gasteiger partial charge on any atom is 0.311 e. The first kappa shape index (κ1) is 18.7. The van der Waals surface area contributed by atoms with Crippen LogP contribution in [0.1, 0.15) is 36.1 Å². The van der Waals surface area contributed by atoms with Crippen LogP contribution in [0.2, 0.25) is 5.02 Å². The fourth-order valence-electron chi connectivity index (χ4n) is 2.66. The van der Waals surface area contributed by atoms with E-state index < -0.39 is 29.2 Å². The maximum absolute atomic E-state index is 14.3. The van der Waals surface area contributed by atoms with Crippen LogP contribution in [-0.2, 0) is 20.7 Å². The first-order valence-electron chi connectivity index (χ1n) is 7.52. The average Bonchev–Trinajstić information content (AvgIpc) is 2.86. The van der Waals surface area contributed by atoms with E-state index in [4.69, 9.17) is 22.1 Å². The molecule has 0 aliphatic rings. The first-order chi connectivity index (χ1) is 11.8. The second kappa shape index (κ2) is 7.98. The molecule has 7 nitrogen and oxygen atoms in total. The largest absolute Gasteiger partial charge is 0.466 e. The highest BCUT2D eigenvalue weighted by Crippen LogP contribution is 2.34. The molecule has 1 aromatic heterocycles. The van der Waals surface area contributed by atoms with Crippen molar-refractivity contribution in [3.8, 4) is 0 Å². The van der Waals surface area contributed by atoms with Crippen molar-refractivity contribution in [1.29, 1.82) is 0 Å². The minimum atomic E-state index is -1.04. The fourth-order valence-corrected chi connectivity index (χ4v) is 2.96. The van der Waals surface area contributed by atoms with Crippen molar-refractivity contribution in [2.75, 3.05) is 6.61 Å². The van der Waals surface area contributed by atoms with Crippen LogP contribution in [0.5, 0.6) is 0 Å². The van der Waals surface area contributed by atoms with Gasteiger partial charge in [0.1, 0.15) is 5.82 Å². The number of benzene rings is 1. The molecule has 2 aromatic rings. The SMILES string of the molecule is CCOC(=O)Cc1[nH][nH]c(=O)c1[C@@H](CC(N)=O)c1c(F)cccc1Cl. The second-order valence-electron chi connectivity index (χ2n) is 5.31. The normalized spacial score (nSPS) is 12.0. The molecule has 0 saturated heterocycles. The van der Waals surface area contributed by atoms with E-state index in [1.807, 2.05) is 0 Å². The van der Waals surface area contributed by atoms with Gasteiger partial charge < -0.3 is 15.6 Å². The van der Waals surface area contributed by atoms with Gasteiger partial charge in [0, 0.05) is 28.5 Å². The Morgan fingerprint density at radius 2 is 2.04 bits per heavy atom. The van der Waals surface area contributed by atoms with Crippen LogP contribution in [0.15, 0.2) is 23.0 Å². The number of hydrogen-bond acceptors (Lipinski definition) is 4. The monoisotopic (exact) mass is 369 g/mol. The van der Waals surface area contributed by atoms with Gasteiger partial charge in [-0.1, -0.05) is 17.7 Å². The molecule has 9 heteroatoms. The number of carbonyl (C=O) groups excluding carboxylic acids is 2. The van der Waals surface area contributed by atoms with Crippen molar-refractivity contribution in [2.24, 2.45) is 5.73 Å². The van der Waals surface area contributed by atoms with Gasteiger partial charge in [-0.2, -0.15) is 0 Å². The summed E-state index contributed by atoms with van der Waals surface area (Å²) in [4.78, 5) is 35.5. The topological polar surface area (TPSA) is 118 Å². The van der Waals surface area contributed by atoms with Crippen LogP contribution in [0, 0.1) is 5.82 Å². The van der Waals surface area contributed by atoms with E-state index in [-0.39, 0.29) is 41.3 Å². The van der Waals surface area contributed by atoms with E-state index in [9.17, 15) is 18.8 Å². The standard InChI is InChI=1S/C16H17ClFN3O4/c1-2-25-13(23)7-11-15(16(24)21-20-11)8(6-12(19)22)14-9(17)4-3-5-10(14)18/h3-5,8H,2,6-7H2,1H3,(H2,19,22)(H2,20,21,24)/t8-/m0/s1. The van der Waals surface area contributed by atoms with Gasteiger partial charge in [-0.05, 0) is 19.1 Å². The zero-order valence-corrected chi connectivity index (χ0v) is 14.2. The van der Waals surface area contributed by atoms with Crippen LogP contribution in [0.3, 0.4) is 0 Å². The van der Waals surface area contributed by atoms with Gasteiger partial charge >= 0.3 is 5.97 Å². The zero-order valence-electron chi connectivity index (χ0n) is 13.4. The maximum atomic E-state index is 14.3. The Bertz CT molecular complexity index is 826. The van der Waals surface area contributed by atoms with Gasteiger partial charge in [-0.3, -0.25) is 19.5 Å². The van der Waals surface area contributed by atoms with Gasteiger partial charge in [0.25, 0.3) is 5.56 Å². The highest BCUT2D eigenvalue weighted by atomic mass is 35.5. The third kappa shape index (κ3) is 4.27. The number of ether oxygens (including phenoxy) is 1. The Balaban J connectivity index is 2.56. The lowest BCUT2D eigenvalue weighted by Gasteiger charge is -2.17. The fraction of sp³-hybridized carbons (Fsp3) is 0.312. The Morgan fingerprint density at radius 3 is 2.64 bits per heavy atom. The zero-order chi connectivity index (χ0) is 18.6. The lowest BCUT2D eigenvalue weighted by Crippen LogP contribution is -2.22. The summed E-state index contributed by atoms with van der Waals surface area (Å²) in [7, 11) is 0. The minimum Gasteiger partial charge on any atom is -0.466 e. The number of rotatable bonds is 7. The minimum absolute atomic E-state index is 0.0267. The number of aromatic amines is 2. The number of amides is 1. The van der Waals surface area contributed by atoms with Gasteiger partial charge in [-0.25, -0.2) is 4.39 Å².